The number of carbonyl (C=O) groups excluding carboxylic acids is 1. The Balaban J connectivity index is 1.85. The van der Waals surface area contributed by atoms with Crippen molar-refractivity contribution in [2.45, 2.75) is 17.3 Å². The van der Waals surface area contributed by atoms with E-state index in [0.717, 1.165) is 18.2 Å². The number of hydrogen-bond acceptors (Lipinski definition) is 2. The van der Waals surface area contributed by atoms with Crippen LogP contribution >= 0.6 is 15.9 Å². The first-order chi connectivity index (χ1) is 9.66. The van der Waals surface area contributed by atoms with Crippen molar-refractivity contribution in [3.63, 3.8) is 0 Å². The lowest BCUT2D eigenvalue weighted by Crippen LogP contribution is -2.32. The number of aromatic nitrogens is 1. The van der Waals surface area contributed by atoms with E-state index in [-0.39, 0.29) is 16.4 Å². The van der Waals surface area contributed by atoms with Crippen molar-refractivity contribution >= 4 is 21.8 Å². The summed E-state index contributed by atoms with van der Waals surface area (Å²) in [4.78, 5) is 15.9. The van der Waals surface area contributed by atoms with Crippen LogP contribution < -0.4 is 5.32 Å². The van der Waals surface area contributed by atoms with Gasteiger partial charge in [0.2, 0.25) is 0 Å². The molecule has 1 aliphatic carbocycles. The van der Waals surface area contributed by atoms with Crippen molar-refractivity contribution < 1.29 is 9.18 Å². The van der Waals surface area contributed by atoms with Crippen LogP contribution in [0.2, 0.25) is 0 Å². The van der Waals surface area contributed by atoms with E-state index in [1.807, 2.05) is 24.3 Å². The number of alkyl halides is 1. The molecule has 0 saturated heterocycles. The molecule has 2 aromatic rings. The number of fused-ring (bicyclic) bond motifs is 1. The average molecular weight is 335 g/mol. The van der Waals surface area contributed by atoms with Gasteiger partial charge < -0.3 is 5.32 Å². The Morgan fingerprint density at radius 3 is 2.95 bits per heavy atom. The second-order valence-electron chi connectivity index (χ2n) is 4.73. The summed E-state index contributed by atoms with van der Waals surface area (Å²) < 4.78 is 13.6. The van der Waals surface area contributed by atoms with Crippen LogP contribution in [0.15, 0.2) is 42.7 Å². The Bertz CT molecular complexity index is 662. The highest BCUT2D eigenvalue weighted by Gasteiger charge is 2.32. The largest absolute Gasteiger partial charge is 0.344 e. The molecule has 0 radical (unpaired) electrons. The summed E-state index contributed by atoms with van der Waals surface area (Å²) in [7, 11) is 0. The summed E-state index contributed by atoms with van der Waals surface area (Å²) in [5.74, 6) is -1.03. The van der Waals surface area contributed by atoms with Crippen LogP contribution in [0.1, 0.15) is 27.5 Å². The fourth-order valence-corrected chi connectivity index (χ4v) is 3.26. The number of hydrogen-bond donors (Lipinski definition) is 1. The zero-order chi connectivity index (χ0) is 14.1. The topological polar surface area (TPSA) is 42.0 Å². The minimum absolute atomic E-state index is 0.0177. The van der Waals surface area contributed by atoms with Gasteiger partial charge in [-0.1, -0.05) is 40.2 Å². The average Bonchev–Trinajstić information content (AvgIpc) is 2.76. The third kappa shape index (κ3) is 2.33. The summed E-state index contributed by atoms with van der Waals surface area (Å²) in [6, 6.07) is 9.19. The van der Waals surface area contributed by atoms with Crippen molar-refractivity contribution in [3.05, 3.63) is 65.2 Å². The van der Waals surface area contributed by atoms with Crippen LogP contribution in [0.3, 0.4) is 0 Å². The smallest absolute Gasteiger partial charge is 0.254 e. The molecule has 0 bridgehead atoms. The predicted molar refractivity (Wildman–Crippen MR) is 77.3 cm³/mol. The zero-order valence-electron chi connectivity index (χ0n) is 10.5. The SMILES string of the molecule is O=C(NC1c2ccccc2CC1Br)c1ccncc1F. The van der Waals surface area contributed by atoms with Crippen molar-refractivity contribution in [2.75, 3.05) is 0 Å². The minimum Gasteiger partial charge on any atom is -0.344 e. The van der Waals surface area contributed by atoms with E-state index in [1.54, 1.807) is 0 Å². The van der Waals surface area contributed by atoms with Gasteiger partial charge in [-0.05, 0) is 23.6 Å². The highest BCUT2D eigenvalue weighted by Crippen LogP contribution is 2.35. The van der Waals surface area contributed by atoms with Gasteiger partial charge in [-0.3, -0.25) is 9.78 Å². The van der Waals surface area contributed by atoms with E-state index in [0.29, 0.717) is 0 Å². The Kier molecular flexibility index (Phi) is 3.53. The van der Waals surface area contributed by atoms with Crippen molar-refractivity contribution in [1.29, 1.82) is 0 Å². The molecule has 1 aliphatic rings. The van der Waals surface area contributed by atoms with Gasteiger partial charge >= 0.3 is 0 Å². The Hall–Kier alpha value is -1.75. The molecular formula is C15H12BrFN2O. The summed E-state index contributed by atoms with van der Waals surface area (Å²) in [6.45, 7) is 0. The van der Waals surface area contributed by atoms with Crippen LogP contribution in [0.5, 0.6) is 0 Å². The molecule has 0 spiro atoms. The molecule has 0 fully saturated rings. The highest BCUT2D eigenvalue weighted by molar-refractivity contribution is 9.09. The molecule has 1 N–H and O–H groups in total. The van der Waals surface area contributed by atoms with E-state index >= 15 is 0 Å². The first-order valence-electron chi connectivity index (χ1n) is 6.29. The zero-order valence-corrected chi connectivity index (χ0v) is 12.1. The van der Waals surface area contributed by atoms with Crippen LogP contribution in [0.25, 0.3) is 0 Å². The molecule has 3 rings (SSSR count). The molecule has 1 aromatic carbocycles. The molecule has 102 valence electrons. The van der Waals surface area contributed by atoms with E-state index < -0.39 is 11.7 Å². The van der Waals surface area contributed by atoms with Gasteiger partial charge in [-0.15, -0.1) is 0 Å². The van der Waals surface area contributed by atoms with Gasteiger partial charge in [-0.25, -0.2) is 4.39 Å². The standard InChI is InChI=1S/C15H12BrFN2O/c16-12-7-9-3-1-2-4-10(9)14(12)19-15(20)11-5-6-18-8-13(11)17/h1-6,8,12,14H,7H2,(H,19,20). The molecule has 5 heteroatoms. The number of benzene rings is 1. The molecule has 0 saturated carbocycles. The van der Waals surface area contributed by atoms with Crippen LogP contribution in [-0.4, -0.2) is 15.7 Å². The third-order valence-electron chi connectivity index (χ3n) is 3.47. The number of nitrogens with zero attached hydrogens (tertiary/aromatic N) is 1. The summed E-state index contributed by atoms with van der Waals surface area (Å²) in [5.41, 5.74) is 2.30. The summed E-state index contributed by atoms with van der Waals surface area (Å²) >= 11 is 3.58. The van der Waals surface area contributed by atoms with E-state index in [1.165, 1.54) is 17.8 Å². The molecule has 3 nitrogen and oxygen atoms in total. The quantitative estimate of drug-likeness (QED) is 0.858. The number of halogens is 2. The van der Waals surface area contributed by atoms with Gasteiger partial charge in [0.05, 0.1) is 17.8 Å². The van der Waals surface area contributed by atoms with Gasteiger partial charge in [-0.2, -0.15) is 0 Å². The second kappa shape index (κ2) is 5.32. The maximum Gasteiger partial charge on any atom is 0.254 e. The number of rotatable bonds is 2. The molecule has 0 aliphatic heterocycles. The van der Waals surface area contributed by atoms with E-state index in [4.69, 9.17) is 0 Å². The lowest BCUT2D eigenvalue weighted by atomic mass is 10.1. The number of amides is 1. The summed E-state index contributed by atoms with van der Waals surface area (Å²) in [6.07, 6.45) is 3.30. The normalized spacial score (nSPS) is 20.5. The van der Waals surface area contributed by atoms with Crippen molar-refractivity contribution in [1.82, 2.24) is 10.3 Å². The second-order valence-corrected chi connectivity index (χ2v) is 5.90. The van der Waals surface area contributed by atoms with Crippen LogP contribution in [0, 0.1) is 5.82 Å². The lowest BCUT2D eigenvalue weighted by molar-refractivity contribution is 0.0933. The third-order valence-corrected chi connectivity index (χ3v) is 4.32. The first-order valence-corrected chi connectivity index (χ1v) is 7.20. The molecule has 2 atom stereocenters. The Morgan fingerprint density at radius 1 is 1.35 bits per heavy atom. The molecule has 2 unspecified atom stereocenters. The van der Waals surface area contributed by atoms with Gasteiger partial charge in [0, 0.05) is 11.0 Å². The molecule has 1 amide bonds. The summed E-state index contributed by atoms with van der Waals surface area (Å²) in [5, 5.41) is 2.89. The monoisotopic (exact) mass is 334 g/mol. The maximum absolute atomic E-state index is 13.6. The number of pyridine rings is 1. The Morgan fingerprint density at radius 2 is 2.15 bits per heavy atom. The molecule has 20 heavy (non-hydrogen) atoms. The maximum atomic E-state index is 13.6. The predicted octanol–water partition coefficient (Wildman–Crippen LogP) is 3.01. The van der Waals surface area contributed by atoms with Crippen molar-refractivity contribution in [3.8, 4) is 0 Å². The van der Waals surface area contributed by atoms with Crippen LogP contribution in [-0.2, 0) is 6.42 Å². The molecular weight excluding hydrogens is 323 g/mol. The van der Waals surface area contributed by atoms with E-state index in [2.05, 4.69) is 26.2 Å². The van der Waals surface area contributed by atoms with E-state index in [9.17, 15) is 9.18 Å². The van der Waals surface area contributed by atoms with Crippen molar-refractivity contribution in [2.24, 2.45) is 0 Å². The highest BCUT2D eigenvalue weighted by atomic mass is 79.9. The molecule has 1 aromatic heterocycles. The fraction of sp³-hybridized carbons (Fsp3) is 0.200. The first kappa shape index (κ1) is 13.2. The van der Waals surface area contributed by atoms with Gasteiger partial charge in [0.25, 0.3) is 5.91 Å². The fourth-order valence-electron chi connectivity index (χ4n) is 2.49. The molecule has 1 heterocycles. The number of carbonyl (C=O) groups is 1. The minimum atomic E-state index is -0.609. The lowest BCUT2D eigenvalue weighted by Gasteiger charge is -2.17. The van der Waals surface area contributed by atoms with Gasteiger partial charge in [0.15, 0.2) is 5.82 Å². The van der Waals surface area contributed by atoms with Crippen LogP contribution in [0.4, 0.5) is 4.39 Å². The van der Waals surface area contributed by atoms with Gasteiger partial charge in [0.1, 0.15) is 0 Å². The Labute approximate surface area is 124 Å². The number of nitrogens with one attached hydrogen (secondary N) is 1.